The molecule has 0 aromatic heterocycles. The minimum absolute atomic E-state index is 0.131. The molecule has 0 aliphatic carbocycles. The Labute approximate surface area is 158 Å². The van der Waals surface area contributed by atoms with Gasteiger partial charge in [0, 0.05) is 13.1 Å². The smallest absolute Gasteiger partial charge is 0.235 e. The van der Waals surface area contributed by atoms with Crippen molar-refractivity contribution in [3.05, 3.63) is 29.8 Å². The van der Waals surface area contributed by atoms with Crippen LogP contribution in [-0.4, -0.2) is 44.9 Å². The molecule has 0 saturated heterocycles. The van der Waals surface area contributed by atoms with Gasteiger partial charge in [-0.3, -0.25) is 4.79 Å². The third-order valence-corrected chi connectivity index (χ3v) is 5.64. The van der Waals surface area contributed by atoms with Crippen LogP contribution in [0.5, 0.6) is 5.75 Å². The fraction of sp³-hybridized carbons (Fsp3) is 0.632. The van der Waals surface area contributed by atoms with Gasteiger partial charge in [-0.05, 0) is 37.5 Å². The second-order valence-electron chi connectivity index (χ2n) is 6.23. The molecule has 0 unspecified atom stereocenters. The number of ether oxygens (including phenoxy) is 1. The van der Waals surface area contributed by atoms with Gasteiger partial charge in [0.1, 0.15) is 5.75 Å². The van der Waals surface area contributed by atoms with Gasteiger partial charge in [-0.2, -0.15) is 4.31 Å². The monoisotopic (exact) mass is 384 g/mol. The van der Waals surface area contributed by atoms with Crippen LogP contribution in [0.1, 0.15) is 52.0 Å². The zero-order valence-electron chi connectivity index (χ0n) is 16.2. The molecular formula is C19H32N2O4S. The highest BCUT2D eigenvalue weighted by Gasteiger charge is 2.24. The van der Waals surface area contributed by atoms with E-state index >= 15 is 0 Å². The van der Waals surface area contributed by atoms with E-state index in [4.69, 9.17) is 4.74 Å². The molecule has 0 fully saturated rings. The van der Waals surface area contributed by atoms with Crippen molar-refractivity contribution in [2.45, 2.75) is 52.2 Å². The Hall–Kier alpha value is -1.60. The van der Waals surface area contributed by atoms with E-state index in [-0.39, 0.29) is 18.2 Å². The molecule has 1 aromatic rings. The summed E-state index contributed by atoms with van der Waals surface area (Å²) >= 11 is 0. The number of amides is 1. The highest BCUT2D eigenvalue weighted by molar-refractivity contribution is 7.88. The molecule has 0 atom stereocenters. The van der Waals surface area contributed by atoms with Crippen molar-refractivity contribution < 1.29 is 17.9 Å². The Morgan fingerprint density at radius 3 is 2.58 bits per heavy atom. The molecule has 1 aromatic carbocycles. The number of hydrogen-bond donors (Lipinski definition) is 1. The van der Waals surface area contributed by atoms with Crippen molar-refractivity contribution in [2.75, 3.05) is 26.2 Å². The maximum Gasteiger partial charge on any atom is 0.235 e. The molecule has 7 heteroatoms. The summed E-state index contributed by atoms with van der Waals surface area (Å²) in [6.45, 7) is 7.18. The van der Waals surface area contributed by atoms with Crippen molar-refractivity contribution in [1.82, 2.24) is 9.62 Å². The number of benzene rings is 1. The topological polar surface area (TPSA) is 75.7 Å². The lowest BCUT2D eigenvalue weighted by molar-refractivity contribution is -0.121. The van der Waals surface area contributed by atoms with Gasteiger partial charge in [-0.25, -0.2) is 8.42 Å². The summed E-state index contributed by atoms with van der Waals surface area (Å²) < 4.78 is 32.3. The average Bonchev–Trinajstić information content (AvgIpc) is 2.58. The molecular weight excluding hydrogens is 352 g/mol. The van der Waals surface area contributed by atoms with Gasteiger partial charge in [-0.15, -0.1) is 0 Å². The van der Waals surface area contributed by atoms with E-state index in [1.165, 1.54) is 4.31 Å². The highest BCUT2D eigenvalue weighted by atomic mass is 32.2. The number of carbonyl (C=O) groups excluding carboxylic acids is 1. The highest BCUT2D eigenvalue weighted by Crippen LogP contribution is 2.17. The summed E-state index contributed by atoms with van der Waals surface area (Å²) in [5.41, 5.74) is 0.653. The first-order valence-electron chi connectivity index (χ1n) is 9.39. The Morgan fingerprint density at radius 1 is 1.15 bits per heavy atom. The lowest BCUT2D eigenvalue weighted by Gasteiger charge is -2.21. The minimum atomic E-state index is -3.58. The SMILES string of the molecule is CCCCCNC(=O)CN(CCC)S(=O)(=O)Cc1cccc(OCC)c1. The largest absolute Gasteiger partial charge is 0.494 e. The number of rotatable bonds is 13. The Balaban J connectivity index is 2.73. The zero-order valence-corrected chi connectivity index (χ0v) is 17.0. The molecule has 0 bridgehead atoms. The number of sulfonamides is 1. The molecule has 0 aliphatic heterocycles. The molecule has 0 radical (unpaired) electrons. The van der Waals surface area contributed by atoms with Crippen LogP contribution in [0.2, 0.25) is 0 Å². The first-order valence-corrected chi connectivity index (χ1v) is 11.0. The third kappa shape index (κ3) is 8.19. The normalized spacial score (nSPS) is 11.5. The number of hydrogen-bond acceptors (Lipinski definition) is 4. The lowest BCUT2D eigenvalue weighted by atomic mass is 10.2. The van der Waals surface area contributed by atoms with Crippen molar-refractivity contribution in [2.24, 2.45) is 0 Å². The maximum atomic E-state index is 12.8. The van der Waals surface area contributed by atoms with Crippen molar-refractivity contribution >= 4 is 15.9 Å². The van der Waals surface area contributed by atoms with Gasteiger partial charge in [0.25, 0.3) is 0 Å². The second kappa shape index (κ2) is 11.9. The lowest BCUT2D eigenvalue weighted by Crippen LogP contribution is -2.41. The van der Waals surface area contributed by atoms with E-state index < -0.39 is 10.0 Å². The molecule has 148 valence electrons. The van der Waals surface area contributed by atoms with Gasteiger partial charge in [0.15, 0.2) is 0 Å². The summed E-state index contributed by atoms with van der Waals surface area (Å²) in [5.74, 6) is 0.258. The van der Waals surface area contributed by atoms with Crippen LogP contribution < -0.4 is 10.1 Å². The summed E-state index contributed by atoms with van der Waals surface area (Å²) in [7, 11) is -3.58. The van der Waals surface area contributed by atoms with E-state index in [2.05, 4.69) is 12.2 Å². The van der Waals surface area contributed by atoms with E-state index in [0.29, 0.717) is 37.4 Å². The number of nitrogens with one attached hydrogen (secondary N) is 1. The predicted molar refractivity (Wildman–Crippen MR) is 105 cm³/mol. The standard InChI is InChI=1S/C19H32N2O4S/c1-4-7-8-12-20-19(22)15-21(13-5-2)26(23,24)16-17-10-9-11-18(14-17)25-6-3/h9-11,14H,4-8,12-13,15-16H2,1-3H3,(H,20,22). The van der Waals surface area contributed by atoms with E-state index in [0.717, 1.165) is 19.3 Å². The number of nitrogens with zero attached hydrogens (tertiary/aromatic N) is 1. The van der Waals surface area contributed by atoms with Gasteiger partial charge < -0.3 is 10.1 Å². The van der Waals surface area contributed by atoms with Gasteiger partial charge in [0.05, 0.1) is 18.9 Å². The number of carbonyl (C=O) groups is 1. The van der Waals surface area contributed by atoms with Crippen LogP contribution in [0.4, 0.5) is 0 Å². The first-order chi connectivity index (χ1) is 12.4. The summed E-state index contributed by atoms with van der Waals surface area (Å²) in [6, 6.07) is 7.07. The van der Waals surface area contributed by atoms with Crippen molar-refractivity contribution in [3.63, 3.8) is 0 Å². The summed E-state index contributed by atoms with van der Waals surface area (Å²) in [6.07, 6.45) is 3.69. The third-order valence-electron chi connectivity index (χ3n) is 3.85. The number of unbranched alkanes of at least 4 members (excludes halogenated alkanes) is 2. The first kappa shape index (κ1) is 22.4. The summed E-state index contributed by atoms with van der Waals surface area (Å²) in [5, 5.41) is 2.80. The Morgan fingerprint density at radius 2 is 1.92 bits per heavy atom. The Bertz CT molecular complexity index is 647. The molecule has 1 rings (SSSR count). The molecule has 26 heavy (non-hydrogen) atoms. The molecule has 0 aliphatic rings. The van der Waals surface area contributed by atoms with Crippen LogP contribution in [-0.2, 0) is 20.6 Å². The minimum Gasteiger partial charge on any atom is -0.494 e. The van der Waals surface area contributed by atoms with Crippen LogP contribution in [0.3, 0.4) is 0 Å². The molecule has 1 N–H and O–H groups in total. The average molecular weight is 385 g/mol. The fourth-order valence-corrected chi connectivity index (χ4v) is 4.14. The van der Waals surface area contributed by atoms with Gasteiger partial charge in [0.2, 0.25) is 15.9 Å². The Kier molecular flexibility index (Phi) is 10.3. The van der Waals surface area contributed by atoms with Gasteiger partial charge in [-0.1, -0.05) is 38.8 Å². The van der Waals surface area contributed by atoms with Crippen LogP contribution in [0.25, 0.3) is 0 Å². The fourth-order valence-electron chi connectivity index (χ4n) is 2.58. The molecule has 0 saturated carbocycles. The quantitative estimate of drug-likeness (QED) is 0.531. The maximum absolute atomic E-state index is 12.8. The molecule has 1 amide bonds. The van der Waals surface area contributed by atoms with E-state index in [9.17, 15) is 13.2 Å². The van der Waals surface area contributed by atoms with E-state index in [1.54, 1.807) is 24.3 Å². The van der Waals surface area contributed by atoms with Crippen LogP contribution >= 0.6 is 0 Å². The zero-order chi connectivity index (χ0) is 19.4. The van der Waals surface area contributed by atoms with Crippen molar-refractivity contribution in [3.8, 4) is 5.75 Å². The predicted octanol–water partition coefficient (Wildman–Crippen LogP) is 2.93. The van der Waals surface area contributed by atoms with Crippen LogP contribution in [0, 0.1) is 0 Å². The van der Waals surface area contributed by atoms with Crippen LogP contribution in [0.15, 0.2) is 24.3 Å². The molecule has 0 heterocycles. The van der Waals surface area contributed by atoms with E-state index in [1.807, 2.05) is 13.8 Å². The van der Waals surface area contributed by atoms with Gasteiger partial charge >= 0.3 is 0 Å². The summed E-state index contributed by atoms with van der Waals surface area (Å²) in [4.78, 5) is 12.1. The second-order valence-corrected chi connectivity index (χ2v) is 8.20. The van der Waals surface area contributed by atoms with Crippen molar-refractivity contribution in [1.29, 1.82) is 0 Å². The molecule has 6 nitrogen and oxygen atoms in total. The molecule has 0 spiro atoms.